The van der Waals surface area contributed by atoms with Gasteiger partial charge >= 0.3 is 5.69 Å². The van der Waals surface area contributed by atoms with Crippen molar-refractivity contribution in [3.8, 4) is 11.6 Å². The molecule has 18 heavy (non-hydrogen) atoms. The van der Waals surface area contributed by atoms with E-state index in [1.807, 2.05) is 0 Å². The molecule has 0 saturated heterocycles. The molecule has 0 fully saturated rings. The van der Waals surface area contributed by atoms with Gasteiger partial charge in [0.2, 0.25) is 17.6 Å². The SMILES string of the molecule is Nc1nc(Cl)cc(Oc2ccccc2[N+](=O)[O-])n1. The number of halogens is 1. The minimum atomic E-state index is -0.554. The van der Waals surface area contributed by atoms with E-state index in [-0.39, 0.29) is 28.4 Å². The molecule has 92 valence electrons. The number of nitrogen functional groups attached to an aromatic ring is 1. The van der Waals surface area contributed by atoms with Crippen LogP contribution in [0.1, 0.15) is 0 Å². The predicted octanol–water partition coefficient (Wildman–Crippen LogP) is 2.41. The van der Waals surface area contributed by atoms with Crippen molar-refractivity contribution < 1.29 is 9.66 Å². The second kappa shape index (κ2) is 4.84. The van der Waals surface area contributed by atoms with Crippen LogP contribution in [-0.4, -0.2) is 14.9 Å². The summed E-state index contributed by atoms with van der Waals surface area (Å²) in [6.45, 7) is 0. The molecule has 1 aromatic carbocycles. The largest absolute Gasteiger partial charge is 0.432 e. The van der Waals surface area contributed by atoms with Gasteiger partial charge in [-0.1, -0.05) is 23.7 Å². The van der Waals surface area contributed by atoms with Crippen molar-refractivity contribution in [1.29, 1.82) is 0 Å². The van der Waals surface area contributed by atoms with Gasteiger partial charge in [0.05, 0.1) is 4.92 Å². The zero-order valence-corrected chi connectivity index (χ0v) is 9.66. The second-order valence-corrected chi connectivity index (χ2v) is 3.60. The summed E-state index contributed by atoms with van der Waals surface area (Å²) in [6, 6.07) is 7.22. The molecule has 0 aliphatic heterocycles. The fourth-order valence-corrected chi connectivity index (χ4v) is 1.45. The molecule has 1 heterocycles. The molecule has 8 heteroatoms. The van der Waals surface area contributed by atoms with Crippen LogP contribution >= 0.6 is 11.6 Å². The number of nitro groups is 1. The maximum absolute atomic E-state index is 10.8. The highest BCUT2D eigenvalue weighted by atomic mass is 35.5. The highest BCUT2D eigenvalue weighted by Crippen LogP contribution is 2.30. The van der Waals surface area contributed by atoms with Crippen LogP contribution in [0.4, 0.5) is 11.6 Å². The summed E-state index contributed by atoms with van der Waals surface area (Å²) in [4.78, 5) is 17.7. The Kier molecular flexibility index (Phi) is 3.24. The van der Waals surface area contributed by atoms with Crippen molar-refractivity contribution in [2.75, 3.05) is 5.73 Å². The Morgan fingerprint density at radius 2 is 2.06 bits per heavy atom. The highest BCUT2D eigenvalue weighted by Gasteiger charge is 2.15. The summed E-state index contributed by atoms with van der Waals surface area (Å²) in [5.74, 6) is 0.0227. The van der Waals surface area contributed by atoms with Gasteiger partial charge in [0, 0.05) is 12.1 Å². The van der Waals surface area contributed by atoms with E-state index in [9.17, 15) is 10.1 Å². The smallest absolute Gasteiger partial charge is 0.311 e. The maximum atomic E-state index is 10.8. The van der Waals surface area contributed by atoms with E-state index < -0.39 is 4.92 Å². The van der Waals surface area contributed by atoms with Gasteiger partial charge in [0.25, 0.3) is 0 Å². The lowest BCUT2D eigenvalue weighted by atomic mass is 10.3. The van der Waals surface area contributed by atoms with Crippen LogP contribution in [0.15, 0.2) is 30.3 Å². The van der Waals surface area contributed by atoms with Gasteiger partial charge in [-0.2, -0.15) is 4.98 Å². The number of hydrogen-bond donors (Lipinski definition) is 1. The number of nitrogens with zero attached hydrogens (tertiary/aromatic N) is 3. The molecular formula is C10H7ClN4O3. The first-order valence-corrected chi connectivity index (χ1v) is 5.15. The van der Waals surface area contributed by atoms with Crippen molar-refractivity contribution in [2.24, 2.45) is 0 Å². The summed E-state index contributed by atoms with van der Waals surface area (Å²) >= 11 is 5.67. The molecular weight excluding hydrogens is 260 g/mol. The minimum Gasteiger partial charge on any atom is -0.432 e. The van der Waals surface area contributed by atoms with Crippen LogP contribution in [0.3, 0.4) is 0 Å². The first kappa shape index (κ1) is 12.1. The minimum absolute atomic E-state index is 0.0433. The molecule has 0 aliphatic carbocycles. The highest BCUT2D eigenvalue weighted by molar-refractivity contribution is 6.29. The molecule has 2 N–H and O–H groups in total. The average molecular weight is 267 g/mol. The van der Waals surface area contributed by atoms with Crippen LogP contribution in [0, 0.1) is 10.1 Å². The lowest BCUT2D eigenvalue weighted by molar-refractivity contribution is -0.385. The molecule has 0 saturated carbocycles. The number of benzene rings is 1. The van der Waals surface area contributed by atoms with Gasteiger partial charge in [-0.3, -0.25) is 10.1 Å². The van der Waals surface area contributed by atoms with E-state index in [2.05, 4.69) is 9.97 Å². The van der Waals surface area contributed by atoms with E-state index in [4.69, 9.17) is 22.1 Å². The third-order valence-corrected chi connectivity index (χ3v) is 2.16. The van der Waals surface area contributed by atoms with Gasteiger partial charge in [0.15, 0.2) is 0 Å². The van der Waals surface area contributed by atoms with Crippen LogP contribution in [0.25, 0.3) is 0 Å². The monoisotopic (exact) mass is 266 g/mol. The van der Waals surface area contributed by atoms with E-state index >= 15 is 0 Å². The molecule has 0 spiro atoms. The Balaban J connectivity index is 2.37. The van der Waals surface area contributed by atoms with Crippen molar-refractivity contribution in [1.82, 2.24) is 9.97 Å². The average Bonchev–Trinajstić information content (AvgIpc) is 2.27. The molecule has 2 aromatic rings. The molecule has 2 rings (SSSR count). The predicted molar refractivity (Wildman–Crippen MR) is 64.6 cm³/mol. The Bertz CT molecular complexity index is 585. The standard InChI is InChI=1S/C10H7ClN4O3/c11-8-5-9(14-10(12)13-8)18-7-4-2-1-3-6(7)15(16)17/h1-5H,(H2,12,13,14). The number of nitro benzene ring substituents is 1. The molecule has 0 bridgehead atoms. The van der Waals surface area contributed by atoms with Crippen LogP contribution < -0.4 is 10.5 Å². The molecule has 0 unspecified atom stereocenters. The normalized spacial score (nSPS) is 10.1. The lowest BCUT2D eigenvalue weighted by Gasteiger charge is -2.05. The van der Waals surface area contributed by atoms with E-state index in [0.29, 0.717) is 0 Å². The number of aromatic nitrogens is 2. The Labute approximate surface area is 106 Å². The van der Waals surface area contributed by atoms with Gasteiger partial charge < -0.3 is 10.5 Å². The second-order valence-electron chi connectivity index (χ2n) is 3.21. The number of para-hydroxylation sites is 2. The number of anilines is 1. The first-order chi connectivity index (χ1) is 8.56. The number of ether oxygens (including phenoxy) is 1. The van der Waals surface area contributed by atoms with Gasteiger partial charge in [0.1, 0.15) is 5.15 Å². The van der Waals surface area contributed by atoms with E-state index in [1.54, 1.807) is 6.07 Å². The zero-order valence-electron chi connectivity index (χ0n) is 8.91. The van der Waals surface area contributed by atoms with Crippen molar-refractivity contribution >= 4 is 23.2 Å². The Morgan fingerprint density at radius 1 is 1.33 bits per heavy atom. The molecule has 0 aliphatic rings. The van der Waals surface area contributed by atoms with Crippen molar-refractivity contribution in [3.63, 3.8) is 0 Å². The third-order valence-electron chi connectivity index (χ3n) is 1.97. The summed E-state index contributed by atoms with van der Waals surface area (Å²) in [7, 11) is 0. The Hall–Kier alpha value is -2.41. The van der Waals surface area contributed by atoms with Crippen LogP contribution in [0.2, 0.25) is 5.15 Å². The lowest BCUT2D eigenvalue weighted by Crippen LogP contribution is -1.98. The number of rotatable bonds is 3. The molecule has 0 radical (unpaired) electrons. The maximum Gasteiger partial charge on any atom is 0.311 e. The van der Waals surface area contributed by atoms with E-state index in [0.717, 1.165) is 0 Å². The fraction of sp³-hybridized carbons (Fsp3) is 0. The topological polar surface area (TPSA) is 104 Å². The molecule has 7 nitrogen and oxygen atoms in total. The van der Waals surface area contributed by atoms with Crippen molar-refractivity contribution in [3.05, 3.63) is 45.6 Å². The molecule has 0 atom stereocenters. The van der Waals surface area contributed by atoms with Crippen LogP contribution in [-0.2, 0) is 0 Å². The number of hydrogen-bond acceptors (Lipinski definition) is 6. The third kappa shape index (κ3) is 2.64. The summed E-state index contributed by atoms with van der Waals surface area (Å²) in [5, 5.41) is 10.9. The quantitative estimate of drug-likeness (QED) is 0.520. The van der Waals surface area contributed by atoms with Gasteiger partial charge in [-0.25, -0.2) is 4.98 Å². The fourth-order valence-electron chi connectivity index (χ4n) is 1.27. The summed E-state index contributed by atoms with van der Waals surface area (Å²) < 4.78 is 5.28. The summed E-state index contributed by atoms with van der Waals surface area (Å²) in [6.07, 6.45) is 0. The van der Waals surface area contributed by atoms with E-state index in [1.165, 1.54) is 24.3 Å². The number of nitrogens with two attached hydrogens (primary N) is 1. The summed E-state index contributed by atoms with van der Waals surface area (Å²) in [5.41, 5.74) is 5.22. The molecule has 0 amide bonds. The first-order valence-electron chi connectivity index (χ1n) is 4.77. The van der Waals surface area contributed by atoms with Crippen LogP contribution in [0.5, 0.6) is 11.6 Å². The Morgan fingerprint density at radius 3 is 2.72 bits per heavy atom. The van der Waals surface area contributed by atoms with Crippen molar-refractivity contribution in [2.45, 2.75) is 0 Å². The van der Waals surface area contributed by atoms with Gasteiger partial charge in [-0.15, -0.1) is 0 Å². The molecule has 1 aromatic heterocycles. The zero-order chi connectivity index (χ0) is 13.1. The van der Waals surface area contributed by atoms with Gasteiger partial charge in [-0.05, 0) is 6.07 Å².